The molecular formula is C15H13F6N5O5S. The Kier molecular flexibility index (Phi) is 7.01. The number of amides is 2. The minimum atomic E-state index is -5.99. The molecule has 0 bridgehead atoms. The number of alkyl halides is 6. The summed E-state index contributed by atoms with van der Waals surface area (Å²) in [6.07, 6.45) is -16.2. The van der Waals surface area contributed by atoms with Crippen LogP contribution in [0, 0.1) is 6.92 Å². The van der Waals surface area contributed by atoms with Crippen LogP contribution in [0.15, 0.2) is 29.2 Å². The number of urea groups is 1. The lowest BCUT2D eigenvalue weighted by Gasteiger charge is -2.24. The number of sulfonamides is 1. The van der Waals surface area contributed by atoms with Crippen LogP contribution in [0.2, 0.25) is 0 Å². The van der Waals surface area contributed by atoms with Gasteiger partial charge in [-0.2, -0.15) is 36.9 Å². The molecule has 10 nitrogen and oxygen atoms in total. The maximum Gasteiger partial charge on any atom is 0.439 e. The van der Waals surface area contributed by atoms with Crippen LogP contribution in [0.1, 0.15) is 5.82 Å². The lowest BCUT2D eigenvalue weighted by molar-refractivity contribution is -0.305. The molecule has 1 atom stereocenters. The number of carbonyl (C=O) groups excluding carboxylic acids is 1. The average Bonchev–Trinajstić information content (AvgIpc) is 2.65. The fourth-order valence-electron chi connectivity index (χ4n) is 2.05. The van der Waals surface area contributed by atoms with E-state index < -0.39 is 51.1 Å². The molecule has 1 heterocycles. The molecule has 1 aromatic carbocycles. The molecule has 1 aromatic heterocycles. The normalized spacial score (nSPS) is 13.2. The van der Waals surface area contributed by atoms with Gasteiger partial charge in [-0.15, -0.1) is 0 Å². The average molecular weight is 489 g/mol. The highest BCUT2D eigenvalue weighted by atomic mass is 32.2. The molecule has 0 radical (unpaired) electrons. The second-order valence-corrected chi connectivity index (χ2v) is 7.42. The second-order valence-electron chi connectivity index (χ2n) is 5.77. The highest BCUT2D eigenvalue weighted by Crippen LogP contribution is 2.38. The summed E-state index contributed by atoms with van der Waals surface area (Å²) < 4.78 is 112. The molecule has 176 valence electrons. The molecule has 0 spiro atoms. The van der Waals surface area contributed by atoms with Crippen molar-refractivity contribution in [3.05, 3.63) is 30.1 Å². The van der Waals surface area contributed by atoms with Crippen LogP contribution in [0.4, 0.5) is 37.1 Å². The van der Waals surface area contributed by atoms with Crippen molar-refractivity contribution < 1.29 is 49.0 Å². The zero-order chi connectivity index (χ0) is 24.3. The summed E-state index contributed by atoms with van der Waals surface area (Å²) in [7, 11) is -3.79. The van der Waals surface area contributed by atoms with Gasteiger partial charge in [0.25, 0.3) is 16.2 Å². The number of hydrogen-bond donors (Lipinski definition) is 2. The number of rotatable bonds is 7. The van der Waals surface area contributed by atoms with Crippen LogP contribution in [-0.2, 0) is 10.0 Å². The van der Waals surface area contributed by atoms with Gasteiger partial charge in [-0.05, 0) is 19.1 Å². The van der Waals surface area contributed by atoms with E-state index in [0.29, 0.717) is 12.1 Å². The van der Waals surface area contributed by atoms with Gasteiger partial charge >= 0.3 is 24.3 Å². The minimum absolute atomic E-state index is 0.0847. The summed E-state index contributed by atoms with van der Waals surface area (Å²) in [5.74, 6) is -1.70. The Hall–Kier alpha value is -3.37. The molecule has 0 aliphatic rings. The first-order valence-corrected chi connectivity index (χ1v) is 9.61. The molecule has 2 rings (SSSR count). The number of anilines is 1. The first-order valence-electron chi connectivity index (χ1n) is 8.13. The highest BCUT2D eigenvalue weighted by Gasteiger charge is 2.59. The van der Waals surface area contributed by atoms with Crippen LogP contribution in [0.25, 0.3) is 0 Å². The van der Waals surface area contributed by atoms with E-state index in [-0.39, 0.29) is 11.8 Å². The third-order valence-corrected chi connectivity index (χ3v) is 4.70. The van der Waals surface area contributed by atoms with Gasteiger partial charge in [0.2, 0.25) is 5.95 Å². The predicted molar refractivity (Wildman–Crippen MR) is 93.4 cm³/mol. The molecule has 1 unspecified atom stereocenters. The molecule has 0 aliphatic heterocycles. The highest BCUT2D eigenvalue weighted by molar-refractivity contribution is 7.90. The topological polar surface area (TPSA) is 132 Å². The number of nitrogens with zero attached hydrogens (tertiary/aromatic N) is 3. The zero-order valence-electron chi connectivity index (χ0n) is 15.9. The second kappa shape index (κ2) is 9.01. The van der Waals surface area contributed by atoms with Gasteiger partial charge in [-0.25, -0.2) is 22.3 Å². The predicted octanol–water partition coefficient (Wildman–Crippen LogP) is 2.57. The third kappa shape index (κ3) is 6.08. The molecule has 2 amide bonds. The molecule has 17 heteroatoms. The van der Waals surface area contributed by atoms with Crippen molar-refractivity contribution in [2.45, 2.75) is 30.3 Å². The Bertz CT molecular complexity index is 1100. The Morgan fingerprint density at radius 3 is 2.31 bits per heavy atom. The van der Waals surface area contributed by atoms with Crippen LogP contribution in [0.5, 0.6) is 11.8 Å². The number of ether oxygens (including phenoxy) is 2. The maximum atomic E-state index is 13.6. The summed E-state index contributed by atoms with van der Waals surface area (Å²) in [4.78, 5) is 21.9. The van der Waals surface area contributed by atoms with E-state index in [2.05, 4.69) is 19.7 Å². The van der Waals surface area contributed by atoms with Gasteiger partial charge in [0.05, 0.1) is 7.11 Å². The summed E-state index contributed by atoms with van der Waals surface area (Å²) in [5.41, 5.74) is 0. The zero-order valence-corrected chi connectivity index (χ0v) is 16.8. The Balaban J connectivity index is 2.26. The summed E-state index contributed by atoms with van der Waals surface area (Å²) in [6.45, 7) is 1.40. The van der Waals surface area contributed by atoms with Crippen LogP contribution < -0.4 is 19.5 Å². The van der Waals surface area contributed by atoms with Crippen molar-refractivity contribution in [1.29, 1.82) is 0 Å². The molecule has 2 aromatic rings. The minimum Gasteiger partial charge on any atom is -0.467 e. The van der Waals surface area contributed by atoms with Gasteiger partial charge in [0.15, 0.2) is 0 Å². The fraction of sp³-hybridized carbons (Fsp3) is 0.333. The number of halogens is 6. The largest absolute Gasteiger partial charge is 0.467 e. The number of nitrogens with one attached hydrogen (secondary N) is 2. The van der Waals surface area contributed by atoms with Crippen molar-refractivity contribution in [1.82, 2.24) is 19.7 Å². The van der Waals surface area contributed by atoms with E-state index in [9.17, 15) is 39.6 Å². The number of carbonyl (C=O) groups is 1. The summed E-state index contributed by atoms with van der Waals surface area (Å²) >= 11 is 0. The molecular weight excluding hydrogens is 476 g/mol. The van der Waals surface area contributed by atoms with E-state index in [1.165, 1.54) is 18.8 Å². The van der Waals surface area contributed by atoms with Gasteiger partial charge in [0, 0.05) is 0 Å². The molecule has 2 N–H and O–H groups in total. The van der Waals surface area contributed by atoms with Gasteiger partial charge < -0.3 is 9.47 Å². The number of para-hydroxylation sites is 1. The smallest absolute Gasteiger partial charge is 0.439 e. The number of benzene rings is 1. The molecule has 0 aliphatic carbocycles. The monoisotopic (exact) mass is 489 g/mol. The maximum absolute atomic E-state index is 13.6. The Morgan fingerprint density at radius 1 is 1.09 bits per heavy atom. The fourth-order valence-corrected chi connectivity index (χ4v) is 3.09. The van der Waals surface area contributed by atoms with Crippen molar-refractivity contribution in [2.24, 2.45) is 0 Å². The van der Waals surface area contributed by atoms with E-state index in [4.69, 9.17) is 4.74 Å². The Morgan fingerprint density at radius 2 is 1.72 bits per heavy atom. The molecule has 0 fully saturated rings. The van der Waals surface area contributed by atoms with Gasteiger partial charge in [-0.3, -0.25) is 5.32 Å². The van der Waals surface area contributed by atoms with Crippen LogP contribution in [-0.4, -0.2) is 55.0 Å². The number of aryl methyl sites for hydroxylation is 1. The Labute approximate surface area is 176 Å². The number of aromatic nitrogens is 3. The van der Waals surface area contributed by atoms with Gasteiger partial charge in [0.1, 0.15) is 16.5 Å². The standard InChI is InChI=1S/C15H13F6N5O5S/c1-7-22-11(25-13(23-7)30-2)24-12(27)26-32(28,29)9-6-4-3-5-8(9)31-15(20,21)10(16)14(17,18)19/h3-6,10H,1-2H3,(H2,22,23,24,25,26,27). The summed E-state index contributed by atoms with van der Waals surface area (Å²) in [6, 6.07) is 1.42. The summed E-state index contributed by atoms with van der Waals surface area (Å²) in [5, 5.41) is 1.92. The first kappa shape index (κ1) is 24.9. The van der Waals surface area contributed by atoms with Crippen molar-refractivity contribution in [3.63, 3.8) is 0 Å². The third-order valence-electron chi connectivity index (χ3n) is 3.33. The van der Waals surface area contributed by atoms with Crippen LogP contribution >= 0.6 is 0 Å². The van der Waals surface area contributed by atoms with E-state index >= 15 is 0 Å². The first-order chi connectivity index (χ1) is 14.7. The van der Waals surface area contributed by atoms with E-state index in [0.717, 1.165) is 12.1 Å². The van der Waals surface area contributed by atoms with E-state index in [1.54, 1.807) is 0 Å². The number of hydrogen-bond acceptors (Lipinski definition) is 8. The van der Waals surface area contributed by atoms with Crippen molar-refractivity contribution in [3.8, 4) is 11.8 Å². The van der Waals surface area contributed by atoms with Crippen LogP contribution in [0.3, 0.4) is 0 Å². The molecule has 0 saturated heterocycles. The number of methoxy groups -OCH3 is 1. The van der Waals surface area contributed by atoms with Crippen molar-refractivity contribution >= 4 is 22.0 Å². The lowest BCUT2D eigenvalue weighted by atomic mass is 10.3. The molecule has 32 heavy (non-hydrogen) atoms. The molecule has 0 saturated carbocycles. The van der Waals surface area contributed by atoms with E-state index in [1.807, 2.05) is 5.32 Å². The SMILES string of the molecule is COc1nc(C)nc(NC(=O)NS(=O)(=O)c2ccccc2OC(F)(F)C(F)C(F)(F)F)n1. The lowest BCUT2D eigenvalue weighted by Crippen LogP contribution is -2.46. The van der Waals surface area contributed by atoms with Crippen molar-refractivity contribution in [2.75, 3.05) is 12.4 Å². The quantitative estimate of drug-likeness (QED) is 0.568. The van der Waals surface area contributed by atoms with Gasteiger partial charge in [-0.1, -0.05) is 12.1 Å².